The molecule has 0 saturated carbocycles. The van der Waals surface area contributed by atoms with E-state index in [1.165, 1.54) is 0 Å². The first-order valence-electron chi connectivity index (χ1n) is 6.08. The van der Waals surface area contributed by atoms with Crippen LogP contribution in [0.25, 0.3) is 0 Å². The number of halogens is 1. The van der Waals surface area contributed by atoms with Crippen LogP contribution in [0.5, 0.6) is 0 Å². The van der Waals surface area contributed by atoms with Crippen molar-refractivity contribution in [1.29, 1.82) is 0 Å². The minimum atomic E-state index is 0.684. The molecule has 0 unspecified atom stereocenters. The molecule has 19 heavy (non-hydrogen) atoms. The monoisotopic (exact) mass is 279 g/mol. The fourth-order valence-corrected chi connectivity index (χ4v) is 2.01. The fourth-order valence-electron chi connectivity index (χ4n) is 1.84. The van der Waals surface area contributed by atoms with Crippen molar-refractivity contribution in [2.24, 2.45) is 7.05 Å². The molecule has 0 atom stereocenters. The number of rotatable bonds is 5. The zero-order valence-corrected chi connectivity index (χ0v) is 12.1. The average molecular weight is 280 g/mol. The van der Waals surface area contributed by atoms with E-state index in [-0.39, 0.29) is 0 Å². The minimum absolute atomic E-state index is 0.684. The van der Waals surface area contributed by atoms with E-state index >= 15 is 0 Å². The minimum Gasteiger partial charge on any atom is -0.352 e. The highest BCUT2D eigenvalue weighted by Crippen LogP contribution is 2.20. The third kappa shape index (κ3) is 3.24. The van der Waals surface area contributed by atoms with Crippen molar-refractivity contribution in [2.75, 3.05) is 19.0 Å². The van der Waals surface area contributed by atoms with Crippen LogP contribution in [-0.4, -0.2) is 28.6 Å². The summed E-state index contributed by atoms with van der Waals surface area (Å²) >= 11 is 6.11. The van der Waals surface area contributed by atoms with E-state index < -0.39 is 0 Å². The summed E-state index contributed by atoms with van der Waals surface area (Å²) in [5.74, 6) is 1.88. The summed E-state index contributed by atoms with van der Waals surface area (Å²) in [7, 11) is 5.88. The Morgan fingerprint density at radius 3 is 2.84 bits per heavy atom. The summed E-state index contributed by atoms with van der Waals surface area (Å²) in [5, 5.41) is 3.78. The Bertz CT molecular complexity index is 552. The van der Waals surface area contributed by atoms with E-state index in [2.05, 4.69) is 20.2 Å². The smallest absolute Gasteiger partial charge is 0.129 e. The quantitative estimate of drug-likeness (QED) is 0.907. The van der Waals surface area contributed by atoms with E-state index in [9.17, 15) is 0 Å². The van der Waals surface area contributed by atoms with E-state index in [4.69, 9.17) is 11.6 Å². The molecule has 102 valence electrons. The molecule has 0 amide bonds. The molecule has 0 spiro atoms. The Hall–Kier alpha value is -1.59. The Kier molecular flexibility index (Phi) is 4.39. The maximum absolute atomic E-state index is 6.11. The number of aromatic nitrogens is 3. The SMILES string of the molecule is CNCc1cc(N(C)Cc2nccn2C)ncc1Cl. The van der Waals surface area contributed by atoms with Gasteiger partial charge in [-0.15, -0.1) is 0 Å². The summed E-state index contributed by atoms with van der Waals surface area (Å²) in [5.41, 5.74) is 1.04. The number of pyridine rings is 1. The van der Waals surface area contributed by atoms with Gasteiger partial charge in [0.15, 0.2) is 0 Å². The molecular weight excluding hydrogens is 262 g/mol. The number of hydrogen-bond acceptors (Lipinski definition) is 4. The molecule has 2 rings (SSSR count). The molecule has 5 nitrogen and oxygen atoms in total. The molecule has 6 heteroatoms. The van der Waals surface area contributed by atoms with Gasteiger partial charge in [0.2, 0.25) is 0 Å². The van der Waals surface area contributed by atoms with Crippen LogP contribution < -0.4 is 10.2 Å². The number of anilines is 1. The highest BCUT2D eigenvalue weighted by Gasteiger charge is 2.09. The third-order valence-corrected chi connectivity index (χ3v) is 3.32. The Morgan fingerprint density at radius 2 is 2.21 bits per heavy atom. The second kappa shape index (κ2) is 6.04. The summed E-state index contributed by atoms with van der Waals surface area (Å²) in [6.45, 7) is 1.43. The Labute approximate surface area is 118 Å². The zero-order valence-electron chi connectivity index (χ0n) is 11.4. The van der Waals surface area contributed by atoms with Crippen LogP contribution in [0.15, 0.2) is 24.7 Å². The number of nitrogens with one attached hydrogen (secondary N) is 1. The Balaban J connectivity index is 2.17. The van der Waals surface area contributed by atoms with Crippen molar-refractivity contribution in [3.05, 3.63) is 41.1 Å². The maximum Gasteiger partial charge on any atom is 0.129 e. The van der Waals surface area contributed by atoms with Crippen molar-refractivity contribution in [2.45, 2.75) is 13.1 Å². The second-order valence-electron chi connectivity index (χ2n) is 4.47. The van der Waals surface area contributed by atoms with Crippen LogP contribution in [0.1, 0.15) is 11.4 Å². The summed E-state index contributed by atoms with van der Waals surface area (Å²) < 4.78 is 2.00. The molecule has 0 radical (unpaired) electrons. The zero-order chi connectivity index (χ0) is 13.8. The molecular formula is C13H18ClN5. The molecule has 2 heterocycles. The van der Waals surface area contributed by atoms with Gasteiger partial charge in [-0.05, 0) is 18.7 Å². The topological polar surface area (TPSA) is 46.0 Å². The largest absolute Gasteiger partial charge is 0.352 e. The fraction of sp³-hybridized carbons (Fsp3) is 0.385. The number of aryl methyl sites for hydroxylation is 1. The summed E-state index contributed by atoms with van der Waals surface area (Å²) in [6.07, 6.45) is 5.42. The second-order valence-corrected chi connectivity index (χ2v) is 4.88. The lowest BCUT2D eigenvalue weighted by Gasteiger charge is -2.19. The molecule has 0 saturated heterocycles. The lowest BCUT2D eigenvalue weighted by molar-refractivity contribution is 0.753. The number of hydrogen-bond donors (Lipinski definition) is 1. The molecule has 2 aromatic rings. The normalized spacial score (nSPS) is 10.7. The summed E-state index contributed by atoms with van der Waals surface area (Å²) in [6, 6.07) is 2.00. The molecule has 0 aromatic carbocycles. The van der Waals surface area contributed by atoms with Crippen molar-refractivity contribution in [1.82, 2.24) is 19.9 Å². The highest BCUT2D eigenvalue weighted by atomic mass is 35.5. The highest BCUT2D eigenvalue weighted by molar-refractivity contribution is 6.31. The van der Waals surface area contributed by atoms with E-state index in [0.29, 0.717) is 11.6 Å². The van der Waals surface area contributed by atoms with Crippen molar-refractivity contribution in [3.8, 4) is 0 Å². The van der Waals surface area contributed by atoms with Gasteiger partial charge in [0.25, 0.3) is 0 Å². The first kappa shape index (κ1) is 13.8. The average Bonchev–Trinajstić information content (AvgIpc) is 2.78. The molecule has 0 fully saturated rings. The Morgan fingerprint density at radius 1 is 1.42 bits per heavy atom. The van der Waals surface area contributed by atoms with E-state index in [0.717, 1.165) is 23.8 Å². The van der Waals surface area contributed by atoms with Gasteiger partial charge in [0, 0.05) is 39.2 Å². The molecule has 2 aromatic heterocycles. The van der Waals surface area contributed by atoms with Crippen LogP contribution in [0.2, 0.25) is 5.02 Å². The lowest BCUT2D eigenvalue weighted by atomic mass is 10.2. The van der Waals surface area contributed by atoms with Gasteiger partial charge >= 0.3 is 0 Å². The third-order valence-electron chi connectivity index (χ3n) is 2.98. The van der Waals surface area contributed by atoms with Crippen molar-refractivity contribution >= 4 is 17.4 Å². The van der Waals surface area contributed by atoms with E-state index in [1.54, 1.807) is 12.4 Å². The van der Waals surface area contributed by atoms with Crippen molar-refractivity contribution < 1.29 is 0 Å². The van der Waals surface area contributed by atoms with Gasteiger partial charge in [-0.1, -0.05) is 11.6 Å². The van der Waals surface area contributed by atoms with Crippen LogP contribution in [-0.2, 0) is 20.1 Å². The molecule has 0 aliphatic carbocycles. The predicted molar refractivity (Wildman–Crippen MR) is 77.3 cm³/mol. The number of imidazole rings is 1. The first-order valence-corrected chi connectivity index (χ1v) is 6.46. The molecule has 0 aliphatic heterocycles. The van der Waals surface area contributed by atoms with Crippen LogP contribution in [0.4, 0.5) is 5.82 Å². The van der Waals surface area contributed by atoms with Gasteiger partial charge in [-0.3, -0.25) is 0 Å². The van der Waals surface area contributed by atoms with Crippen LogP contribution >= 0.6 is 11.6 Å². The van der Waals surface area contributed by atoms with Gasteiger partial charge in [0.1, 0.15) is 11.6 Å². The van der Waals surface area contributed by atoms with Crippen LogP contribution in [0, 0.1) is 0 Å². The molecule has 0 bridgehead atoms. The predicted octanol–water partition coefficient (Wildman–Crippen LogP) is 1.82. The number of nitrogens with zero attached hydrogens (tertiary/aromatic N) is 4. The van der Waals surface area contributed by atoms with Crippen molar-refractivity contribution in [3.63, 3.8) is 0 Å². The molecule has 1 N–H and O–H groups in total. The summed E-state index contributed by atoms with van der Waals surface area (Å²) in [4.78, 5) is 10.7. The van der Waals surface area contributed by atoms with Gasteiger partial charge in [0.05, 0.1) is 11.6 Å². The van der Waals surface area contributed by atoms with Gasteiger partial charge in [-0.25, -0.2) is 9.97 Å². The van der Waals surface area contributed by atoms with Gasteiger partial charge < -0.3 is 14.8 Å². The first-order chi connectivity index (χ1) is 9.11. The van der Waals surface area contributed by atoms with E-state index in [1.807, 2.05) is 38.0 Å². The standard InChI is InChI=1S/C13H18ClN5/c1-15-7-10-6-12(17-8-11(10)14)19(3)9-13-16-4-5-18(13)2/h4-6,8,15H,7,9H2,1-3H3. The molecule has 0 aliphatic rings. The maximum atomic E-state index is 6.11. The lowest BCUT2D eigenvalue weighted by Crippen LogP contribution is -2.20. The van der Waals surface area contributed by atoms with Gasteiger partial charge in [-0.2, -0.15) is 0 Å². The van der Waals surface area contributed by atoms with Crippen LogP contribution in [0.3, 0.4) is 0 Å².